The van der Waals surface area contributed by atoms with Crippen molar-refractivity contribution >= 4 is 21.9 Å². The molecule has 0 spiro atoms. The van der Waals surface area contributed by atoms with Gasteiger partial charge in [0.25, 0.3) is 5.91 Å². The molecule has 0 bridgehead atoms. The quantitative estimate of drug-likeness (QED) is 0.694. The molecule has 26 heavy (non-hydrogen) atoms. The van der Waals surface area contributed by atoms with Crippen molar-refractivity contribution in [1.29, 1.82) is 0 Å². The normalized spacial score (nSPS) is 11.9. The highest BCUT2D eigenvalue weighted by atomic mass is 32.2. The Bertz CT molecular complexity index is 734. The van der Waals surface area contributed by atoms with E-state index >= 15 is 0 Å². The number of benzene rings is 1. The second-order valence-electron chi connectivity index (χ2n) is 6.87. The lowest BCUT2D eigenvalue weighted by molar-refractivity contribution is -0.138. The number of carbonyl (C=O) groups is 2. The molecule has 0 saturated carbocycles. The van der Waals surface area contributed by atoms with E-state index in [4.69, 9.17) is 4.74 Å². The summed E-state index contributed by atoms with van der Waals surface area (Å²) >= 11 is 0. The summed E-state index contributed by atoms with van der Waals surface area (Å²) in [6.07, 6.45) is 0. The van der Waals surface area contributed by atoms with E-state index in [0.29, 0.717) is 0 Å². The number of nitrogens with one attached hydrogen (secondary N) is 1. The molecule has 1 aromatic carbocycles. The molecule has 1 rings (SSSR count). The topological polar surface area (TPSA) is 92.8 Å². The zero-order chi connectivity index (χ0) is 20.1. The van der Waals surface area contributed by atoms with Gasteiger partial charge in [-0.05, 0) is 59.7 Å². The first-order valence-corrected chi connectivity index (χ1v) is 10.0. The molecule has 0 aliphatic heterocycles. The minimum Gasteiger partial charge on any atom is -0.452 e. The van der Waals surface area contributed by atoms with Gasteiger partial charge in [-0.25, -0.2) is 17.9 Å². The number of carbonyl (C=O) groups excluding carboxylic acids is 2. The van der Waals surface area contributed by atoms with Gasteiger partial charge >= 0.3 is 5.97 Å². The first-order valence-electron chi connectivity index (χ1n) is 8.56. The first kappa shape index (κ1) is 22.1. The van der Waals surface area contributed by atoms with E-state index in [1.807, 2.05) is 27.7 Å². The van der Waals surface area contributed by atoms with Crippen molar-refractivity contribution in [2.75, 3.05) is 6.61 Å². The highest BCUT2D eigenvalue weighted by molar-refractivity contribution is 7.89. The van der Waals surface area contributed by atoms with Crippen LogP contribution in [-0.4, -0.2) is 49.9 Å². The number of sulfonamides is 1. The van der Waals surface area contributed by atoms with Crippen molar-refractivity contribution in [3.63, 3.8) is 0 Å². The maximum atomic E-state index is 12.3. The van der Waals surface area contributed by atoms with Crippen molar-refractivity contribution in [2.24, 2.45) is 0 Å². The molecule has 0 heterocycles. The zero-order valence-electron chi connectivity index (χ0n) is 16.1. The molecule has 0 aromatic heterocycles. The Morgan fingerprint density at radius 1 is 1.08 bits per heavy atom. The Balaban J connectivity index is 2.86. The summed E-state index contributed by atoms with van der Waals surface area (Å²) < 4.78 is 31.9. The molecule has 0 atom stereocenters. The van der Waals surface area contributed by atoms with Crippen LogP contribution in [0.2, 0.25) is 0 Å². The molecule has 8 heteroatoms. The predicted molar refractivity (Wildman–Crippen MR) is 99.3 cm³/mol. The van der Waals surface area contributed by atoms with Crippen molar-refractivity contribution in [1.82, 2.24) is 9.62 Å². The second kappa shape index (κ2) is 9.14. The Labute approximate surface area is 155 Å². The van der Waals surface area contributed by atoms with E-state index in [-0.39, 0.29) is 34.5 Å². The lowest BCUT2D eigenvalue weighted by atomic mass is 10.2. The summed E-state index contributed by atoms with van der Waals surface area (Å²) in [4.78, 5) is 26.1. The van der Waals surface area contributed by atoms with Gasteiger partial charge in [-0.15, -0.1) is 0 Å². The fourth-order valence-electron chi connectivity index (χ4n) is 2.63. The largest absolute Gasteiger partial charge is 0.452 e. The zero-order valence-corrected chi connectivity index (χ0v) is 17.0. The maximum absolute atomic E-state index is 12.3. The van der Waals surface area contributed by atoms with E-state index in [2.05, 4.69) is 4.72 Å². The average Bonchev–Trinajstić information content (AvgIpc) is 2.50. The Morgan fingerprint density at radius 2 is 1.65 bits per heavy atom. The van der Waals surface area contributed by atoms with Crippen molar-refractivity contribution in [3.05, 3.63) is 29.8 Å². The molecule has 0 aliphatic carbocycles. The standard InChI is InChI=1S/C18H28N2O5S/c1-12(2)19-26(23,24)16-9-7-8-15(10-16)18(22)25-11-17(21)20(13(3)4)14(5)6/h7-10,12-14,19H,11H2,1-6H3. The molecule has 0 unspecified atom stereocenters. The summed E-state index contributed by atoms with van der Waals surface area (Å²) in [5, 5.41) is 0. The van der Waals surface area contributed by atoms with Crippen LogP contribution in [0.3, 0.4) is 0 Å². The van der Waals surface area contributed by atoms with Crippen LogP contribution >= 0.6 is 0 Å². The number of ether oxygens (including phenoxy) is 1. The lowest BCUT2D eigenvalue weighted by Crippen LogP contribution is -2.44. The maximum Gasteiger partial charge on any atom is 0.338 e. The van der Waals surface area contributed by atoms with E-state index in [0.717, 1.165) is 0 Å². The number of hydrogen-bond donors (Lipinski definition) is 1. The van der Waals surface area contributed by atoms with Gasteiger partial charge in [-0.2, -0.15) is 0 Å². The van der Waals surface area contributed by atoms with Crippen LogP contribution in [-0.2, 0) is 19.6 Å². The monoisotopic (exact) mass is 384 g/mol. The van der Waals surface area contributed by atoms with Crippen molar-refractivity contribution in [3.8, 4) is 0 Å². The summed E-state index contributed by atoms with van der Waals surface area (Å²) in [7, 11) is -3.72. The minimum absolute atomic E-state index is 0.0169. The number of nitrogens with zero attached hydrogens (tertiary/aromatic N) is 1. The van der Waals surface area contributed by atoms with Crippen LogP contribution in [0.25, 0.3) is 0 Å². The Hall–Kier alpha value is -1.93. The molecule has 1 N–H and O–H groups in total. The first-order chi connectivity index (χ1) is 12.0. The molecule has 0 fully saturated rings. The fraction of sp³-hybridized carbons (Fsp3) is 0.556. The van der Waals surface area contributed by atoms with Crippen LogP contribution in [0.4, 0.5) is 0 Å². The minimum atomic E-state index is -3.72. The van der Waals surface area contributed by atoms with E-state index in [9.17, 15) is 18.0 Å². The predicted octanol–water partition coefficient (Wildman–Crippen LogP) is 2.18. The number of rotatable bonds is 8. The van der Waals surface area contributed by atoms with E-state index < -0.39 is 22.6 Å². The molecule has 146 valence electrons. The van der Waals surface area contributed by atoms with E-state index in [1.54, 1.807) is 18.7 Å². The van der Waals surface area contributed by atoms with Gasteiger partial charge in [0.1, 0.15) is 0 Å². The molecular formula is C18H28N2O5S. The van der Waals surface area contributed by atoms with Crippen LogP contribution in [0, 0.1) is 0 Å². The molecule has 0 radical (unpaired) electrons. The molecule has 1 aromatic rings. The second-order valence-corrected chi connectivity index (χ2v) is 8.58. The summed E-state index contributed by atoms with van der Waals surface area (Å²) in [5.41, 5.74) is 0.0741. The Kier molecular flexibility index (Phi) is 7.77. The lowest BCUT2D eigenvalue weighted by Gasteiger charge is -2.30. The van der Waals surface area contributed by atoms with Gasteiger partial charge in [-0.3, -0.25) is 4.79 Å². The molecule has 7 nitrogen and oxygen atoms in total. The van der Waals surface area contributed by atoms with E-state index in [1.165, 1.54) is 24.3 Å². The summed E-state index contributed by atoms with van der Waals surface area (Å²) in [6.45, 7) is 10.6. The highest BCUT2D eigenvalue weighted by Crippen LogP contribution is 2.13. The van der Waals surface area contributed by atoms with Gasteiger partial charge < -0.3 is 9.64 Å². The summed E-state index contributed by atoms with van der Waals surface area (Å²) in [6, 6.07) is 5.23. The number of hydrogen-bond acceptors (Lipinski definition) is 5. The average molecular weight is 384 g/mol. The summed E-state index contributed by atoms with van der Waals surface area (Å²) in [5.74, 6) is -1.04. The SMILES string of the molecule is CC(C)NS(=O)(=O)c1cccc(C(=O)OCC(=O)N(C(C)C)C(C)C)c1. The fourth-order valence-corrected chi connectivity index (χ4v) is 3.92. The van der Waals surface area contributed by atoms with Gasteiger partial charge in [0.2, 0.25) is 10.0 Å². The van der Waals surface area contributed by atoms with Gasteiger partial charge in [0, 0.05) is 18.1 Å². The van der Waals surface area contributed by atoms with Crippen LogP contribution in [0.5, 0.6) is 0 Å². The van der Waals surface area contributed by atoms with Crippen LogP contribution in [0.1, 0.15) is 51.9 Å². The molecule has 0 saturated heterocycles. The third-order valence-corrected chi connectivity index (χ3v) is 5.15. The third-order valence-electron chi connectivity index (χ3n) is 3.50. The number of esters is 1. The van der Waals surface area contributed by atoms with Crippen molar-refractivity contribution in [2.45, 2.75) is 64.6 Å². The van der Waals surface area contributed by atoms with Gasteiger partial charge in [0.05, 0.1) is 10.5 Å². The number of amides is 1. The van der Waals surface area contributed by atoms with Crippen LogP contribution < -0.4 is 4.72 Å². The third kappa shape index (κ3) is 6.10. The van der Waals surface area contributed by atoms with Crippen LogP contribution in [0.15, 0.2) is 29.2 Å². The molecule has 1 amide bonds. The highest BCUT2D eigenvalue weighted by Gasteiger charge is 2.22. The Morgan fingerprint density at radius 3 is 2.15 bits per heavy atom. The molecule has 0 aliphatic rings. The smallest absolute Gasteiger partial charge is 0.338 e. The molecular weight excluding hydrogens is 356 g/mol. The van der Waals surface area contributed by atoms with Crippen molar-refractivity contribution < 1.29 is 22.7 Å². The van der Waals surface area contributed by atoms with Gasteiger partial charge in [0.15, 0.2) is 6.61 Å². The van der Waals surface area contributed by atoms with Gasteiger partial charge in [-0.1, -0.05) is 6.07 Å².